The van der Waals surface area contributed by atoms with Gasteiger partial charge in [-0.15, -0.1) is 0 Å². The first-order valence-electron chi connectivity index (χ1n) is 15.1. The van der Waals surface area contributed by atoms with Crippen LogP contribution in [-0.4, -0.2) is 5.43 Å². The molecule has 2 nitrogen and oxygen atoms in total. The number of hydrogen-bond donors (Lipinski definition) is 0. The van der Waals surface area contributed by atoms with Crippen LogP contribution in [0, 0.1) is 0 Å². The molecule has 0 aliphatic heterocycles. The summed E-state index contributed by atoms with van der Waals surface area (Å²) in [5.41, 5.74) is 8.43. The summed E-state index contributed by atoms with van der Waals surface area (Å²) in [4.78, 5) is 0. The van der Waals surface area contributed by atoms with Gasteiger partial charge in [0, 0.05) is 0 Å². The third-order valence-electron chi connectivity index (χ3n) is 10.1. The molecular weight excluding hydrogens is 679 g/mol. The van der Waals surface area contributed by atoms with Gasteiger partial charge in [-0.05, 0) is 0 Å². The number of hydrogen-bond acceptors (Lipinski definition) is 2. The number of halogens is 2. The molecule has 2 heterocycles. The predicted molar refractivity (Wildman–Crippen MR) is 185 cm³/mol. The van der Waals surface area contributed by atoms with Crippen LogP contribution in [-0.2, 0) is 15.0 Å². The van der Waals surface area contributed by atoms with Crippen LogP contribution in [0.5, 0.6) is 0 Å². The van der Waals surface area contributed by atoms with E-state index in [4.69, 9.17) is 25.9 Å². The summed E-state index contributed by atoms with van der Waals surface area (Å²) in [6.07, 6.45) is 8.36. The Morgan fingerprint density at radius 2 is 1.02 bits per heavy atom. The van der Waals surface area contributed by atoms with Gasteiger partial charge in [0.25, 0.3) is 0 Å². The zero-order valence-corrected chi connectivity index (χ0v) is 30.1. The number of furan rings is 2. The Kier molecular flexibility index (Phi) is 6.54. The van der Waals surface area contributed by atoms with Crippen LogP contribution in [0.25, 0.3) is 56.3 Å². The van der Waals surface area contributed by atoms with E-state index >= 15 is 0 Å². The second-order valence-corrected chi connectivity index (χ2v) is 51.5. The zero-order chi connectivity index (χ0) is 30.4. The van der Waals surface area contributed by atoms with E-state index < -0.39 is 20.4 Å². The molecule has 0 saturated carbocycles. The van der Waals surface area contributed by atoms with Gasteiger partial charge in [0.15, 0.2) is 0 Å². The third-order valence-corrected chi connectivity index (χ3v) is 57.0. The van der Waals surface area contributed by atoms with Gasteiger partial charge in [0.05, 0.1) is 0 Å². The van der Waals surface area contributed by atoms with Crippen molar-refractivity contribution in [2.75, 3.05) is 0 Å². The quantitative estimate of drug-likeness (QED) is 0.170. The standard InChI is InChI=1S/2C18H13O.C2H6Si.2ClH.Zr/c2*1-12-9-13-6-4-8-16(17(13)10-12)18-15-7-3-2-5-14(15)11-19-18;1-3-2;;;/h2*2-11H,1H3;1-2H3;2*1H;/q;;;;;+2/p-2. The SMILES string of the molecule is CC1=Cc2c(-c3occ4ccccc34)cccc2[CH]1[Zr]([Cl])([Cl])([CH]1C(C)=Cc2c(-c3occ4ccccc34)cccc21)=[Si](C)C. The molecule has 218 valence electrons. The molecule has 6 aromatic rings. The average Bonchev–Trinajstić information content (AvgIpc) is 3.78. The number of allylic oxidation sites excluding steroid dienone is 2. The van der Waals surface area contributed by atoms with E-state index in [1.54, 1.807) is 0 Å². The second kappa shape index (κ2) is 10.1. The van der Waals surface area contributed by atoms with Gasteiger partial charge >= 0.3 is 268 Å². The normalized spacial score (nSPS) is 18.0. The molecule has 6 heteroatoms. The summed E-state index contributed by atoms with van der Waals surface area (Å²) in [5, 5.41) is 4.44. The number of rotatable bonds is 4. The minimum atomic E-state index is -4.83. The maximum atomic E-state index is 8.42. The van der Waals surface area contributed by atoms with Crippen molar-refractivity contribution in [3.8, 4) is 22.6 Å². The molecule has 0 amide bonds. The fourth-order valence-electron chi connectivity index (χ4n) is 8.05. The fourth-order valence-corrected chi connectivity index (χ4v) is 38.5. The molecule has 2 aromatic heterocycles. The molecule has 2 aliphatic carbocycles. The van der Waals surface area contributed by atoms with Crippen molar-refractivity contribution in [3.05, 3.63) is 131 Å². The van der Waals surface area contributed by atoms with Crippen LogP contribution in [0.4, 0.5) is 0 Å². The van der Waals surface area contributed by atoms with Crippen molar-refractivity contribution in [1.29, 1.82) is 0 Å². The van der Waals surface area contributed by atoms with Gasteiger partial charge in [0.1, 0.15) is 0 Å². The Bertz CT molecular complexity index is 2160. The fraction of sp³-hybridized carbons (Fsp3) is 0.158. The van der Waals surface area contributed by atoms with Crippen LogP contribution < -0.4 is 0 Å². The van der Waals surface area contributed by atoms with Gasteiger partial charge < -0.3 is 0 Å². The maximum absolute atomic E-state index is 8.42. The molecular formula is C38H32Cl2O2SiZr. The van der Waals surface area contributed by atoms with Crippen LogP contribution in [0.3, 0.4) is 0 Å². The first-order chi connectivity index (χ1) is 21.2. The molecule has 0 radical (unpaired) electrons. The predicted octanol–water partition coefficient (Wildman–Crippen LogP) is 12.4. The monoisotopic (exact) mass is 708 g/mol. The molecule has 0 fully saturated rings. The van der Waals surface area contributed by atoms with Gasteiger partial charge in [-0.1, -0.05) is 0 Å². The van der Waals surface area contributed by atoms with E-state index in [-0.39, 0.29) is 7.25 Å². The van der Waals surface area contributed by atoms with E-state index in [0.717, 1.165) is 44.2 Å². The Labute approximate surface area is 265 Å². The minimum absolute atomic E-state index is 0.00670. The topological polar surface area (TPSA) is 26.3 Å². The molecule has 44 heavy (non-hydrogen) atoms. The summed E-state index contributed by atoms with van der Waals surface area (Å²) < 4.78 is 12.4. The molecule has 2 unspecified atom stereocenters. The van der Waals surface area contributed by atoms with Gasteiger partial charge in [-0.3, -0.25) is 0 Å². The summed E-state index contributed by atoms with van der Waals surface area (Å²) >= 11 is -4.83. The zero-order valence-electron chi connectivity index (χ0n) is 25.1. The van der Waals surface area contributed by atoms with Gasteiger partial charge in [-0.25, -0.2) is 0 Å². The molecule has 4 aromatic carbocycles. The molecule has 0 N–H and O–H groups in total. The first kappa shape index (κ1) is 28.6. The van der Waals surface area contributed by atoms with Crippen LogP contribution in [0.1, 0.15) is 43.4 Å². The van der Waals surface area contributed by atoms with Crippen molar-refractivity contribution < 1.29 is 23.8 Å². The summed E-state index contributed by atoms with van der Waals surface area (Å²) in [6.45, 7) is 9.16. The van der Waals surface area contributed by atoms with Crippen molar-refractivity contribution in [2.45, 2.75) is 34.2 Å². The van der Waals surface area contributed by atoms with Crippen molar-refractivity contribution >= 4 is 56.2 Å². The third kappa shape index (κ3) is 3.88. The van der Waals surface area contributed by atoms with Crippen molar-refractivity contribution in [3.63, 3.8) is 0 Å². The van der Waals surface area contributed by atoms with E-state index in [2.05, 4.69) is 112 Å². The summed E-state index contributed by atoms with van der Waals surface area (Å²) in [6, 6.07) is 29.8. The molecule has 2 atom stereocenters. The summed E-state index contributed by atoms with van der Waals surface area (Å²) in [7, 11) is 16.8. The first-order valence-corrected chi connectivity index (χ1v) is 30.5. The Morgan fingerprint density at radius 1 is 0.591 bits per heavy atom. The molecule has 2 aliphatic rings. The molecule has 0 saturated heterocycles. The molecule has 0 spiro atoms. The van der Waals surface area contributed by atoms with E-state index in [9.17, 15) is 0 Å². The van der Waals surface area contributed by atoms with Crippen molar-refractivity contribution in [1.82, 2.24) is 0 Å². The van der Waals surface area contributed by atoms with Gasteiger partial charge in [-0.2, -0.15) is 0 Å². The van der Waals surface area contributed by atoms with Crippen LogP contribution in [0.2, 0.25) is 13.1 Å². The Hall–Kier alpha value is -2.88. The van der Waals surface area contributed by atoms with E-state index in [1.165, 1.54) is 33.4 Å². The Balaban J connectivity index is 1.33. The second-order valence-electron chi connectivity index (χ2n) is 12.7. The molecule has 8 rings (SSSR count). The van der Waals surface area contributed by atoms with Crippen molar-refractivity contribution in [2.24, 2.45) is 0 Å². The molecule has 0 bridgehead atoms. The summed E-state index contributed by atoms with van der Waals surface area (Å²) in [5.74, 6) is 1.80. The van der Waals surface area contributed by atoms with E-state index in [1.807, 2.05) is 24.7 Å². The Morgan fingerprint density at radius 3 is 1.45 bits per heavy atom. The van der Waals surface area contributed by atoms with Crippen LogP contribution in [0.15, 0.2) is 117 Å². The average molecular weight is 711 g/mol. The number of fused-ring (bicyclic) bond motifs is 4. The van der Waals surface area contributed by atoms with Crippen LogP contribution >= 0.6 is 17.0 Å². The van der Waals surface area contributed by atoms with E-state index in [0.29, 0.717) is 0 Å². The van der Waals surface area contributed by atoms with Gasteiger partial charge in [0.2, 0.25) is 0 Å². The number of benzene rings is 4.